The van der Waals surface area contributed by atoms with Crippen molar-refractivity contribution in [2.75, 3.05) is 25.6 Å². The van der Waals surface area contributed by atoms with Crippen molar-refractivity contribution in [1.82, 2.24) is 4.90 Å². The summed E-state index contributed by atoms with van der Waals surface area (Å²) >= 11 is 0. The van der Waals surface area contributed by atoms with Crippen molar-refractivity contribution in [3.8, 4) is 11.5 Å². The lowest BCUT2D eigenvalue weighted by atomic mass is 10.0. The minimum atomic E-state index is -0.229. The SMILES string of the molecule is CCCCN1C(=O)c2ccccc2NC1c1ccc(OCCC)c(OC)c1. The molecule has 3 rings (SSSR count). The number of para-hydroxylation sites is 1. The highest BCUT2D eigenvalue weighted by molar-refractivity contribution is 6.01. The summed E-state index contributed by atoms with van der Waals surface area (Å²) in [6, 6.07) is 13.6. The number of ether oxygens (including phenoxy) is 2. The van der Waals surface area contributed by atoms with E-state index in [0.29, 0.717) is 18.9 Å². The molecule has 0 radical (unpaired) electrons. The predicted octanol–water partition coefficient (Wildman–Crippen LogP) is 4.85. The number of nitrogens with one attached hydrogen (secondary N) is 1. The summed E-state index contributed by atoms with van der Waals surface area (Å²) in [6.45, 7) is 5.55. The van der Waals surface area contributed by atoms with Gasteiger partial charge in [-0.1, -0.05) is 38.5 Å². The molecule has 1 aliphatic heterocycles. The molecule has 0 bridgehead atoms. The Kier molecular flexibility index (Phi) is 6.22. The van der Waals surface area contributed by atoms with E-state index in [1.807, 2.05) is 47.4 Å². The fourth-order valence-electron chi connectivity index (χ4n) is 3.30. The molecule has 1 heterocycles. The van der Waals surface area contributed by atoms with Gasteiger partial charge < -0.3 is 19.7 Å². The lowest BCUT2D eigenvalue weighted by molar-refractivity contribution is 0.0680. The van der Waals surface area contributed by atoms with Gasteiger partial charge >= 0.3 is 0 Å². The van der Waals surface area contributed by atoms with Crippen LogP contribution in [0.15, 0.2) is 42.5 Å². The molecule has 2 aromatic rings. The zero-order valence-electron chi connectivity index (χ0n) is 16.3. The highest BCUT2D eigenvalue weighted by Crippen LogP contribution is 2.37. The van der Waals surface area contributed by atoms with E-state index in [2.05, 4.69) is 19.2 Å². The number of unbranched alkanes of at least 4 members (excludes halogenated alkanes) is 1. The standard InChI is InChI=1S/C22H28N2O3/c1-4-6-13-24-21(23-18-10-8-7-9-17(18)22(24)25)16-11-12-19(27-14-5-2)20(15-16)26-3/h7-12,15,21,23H,4-6,13-14H2,1-3H3. The van der Waals surface area contributed by atoms with E-state index in [4.69, 9.17) is 9.47 Å². The second kappa shape index (κ2) is 8.80. The normalized spacial score (nSPS) is 15.9. The summed E-state index contributed by atoms with van der Waals surface area (Å²) in [5, 5.41) is 3.53. The van der Waals surface area contributed by atoms with E-state index in [-0.39, 0.29) is 12.1 Å². The van der Waals surface area contributed by atoms with Crippen molar-refractivity contribution in [2.45, 2.75) is 39.3 Å². The van der Waals surface area contributed by atoms with Gasteiger partial charge in [-0.25, -0.2) is 0 Å². The van der Waals surface area contributed by atoms with Crippen molar-refractivity contribution < 1.29 is 14.3 Å². The smallest absolute Gasteiger partial charge is 0.257 e. The third-order valence-corrected chi connectivity index (χ3v) is 4.74. The lowest BCUT2D eigenvalue weighted by Gasteiger charge is -2.38. The molecule has 0 aromatic heterocycles. The molecule has 2 aromatic carbocycles. The van der Waals surface area contributed by atoms with Crippen LogP contribution in [0.2, 0.25) is 0 Å². The third-order valence-electron chi connectivity index (χ3n) is 4.74. The predicted molar refractivity (Wildman–Crippen MR) is 108 cm³/mol. The molecule has 1 unspecified atom stereocenters. The maximum Gasteiger partial charge on any atom is 0.257 e. The number of hydrogen-bond acceptors (Lipinski definition) is 4. The molecule has 5 heteroatoms. The average Bonchev–Trinajstić information content (AvgIpc) is 2.71. The van der Waals surface area contributed by atoms with Gasteiger partial charge in [-0.05, 0) is 42.7 Å². The summed E-state index contributed by atoms with van der Waals surface area (Å²) in [5.41, 5.74) is 2.57. The highest BCUT2D eigenvalue weighted by Gasteiger charge is 2.32. The van der Waals surface area contributed by atoms with Crippen LogP contribution in [0.4, 0.5) is 5.69 Å². The monoisotopic (exact) mass is 368 g/mol. The number of hydrogen-bond donors (Lipinski definition) is 1. The number of methoxy groups -OCH3 is 1. The van der Waals surface area contributed by atoms with Crippen LogP contribution >= 0.6 is 0 Å². The highest BCUT2D eigenvalue weighted by atomic mass is 16.5. The van der Waals surface area contributed by atoms with Crippen LogP contribution in [-0.2, 0) is 0 Å². The van der Waals surface area contributed by atoms with Gasteiger partial charge in [0.05, 0.1) is 19.3 Å². The Morgan fingerprint density at radius 3 is 2.63 bits per heavy atom. The largest absolute Gasteiger partial charge is 0.493 e. The molecular weight excluding hydrogens is 340 g/mol. The molecular formula is C22H28N2O3. The summed E-state index contributed by atoms with van der Waals surface area (Å²) < 4.78 is 11.3. The molecule has 1 atom stereocenters. The Labute approximate surface area is 161 Å². The van der Waals surface area contributed by atoms with E-state index in [1.165, 1.54) is 0 Å². The van der Waals surface area contributed by atoms with Crippen LogP contribution in [0, 0.1) is 0 Å². The minimum Gasteiger partial charge on any atom is -0.493 e. The number of anilines is 1. The summed E-state index contributed by atoms with van der Waals surface area (Å²) in [5.74, 6) is 1.48. The minimum absolute atomic E-state index is 0.0630. The summed E-state index contributed by atoms with van der Waals surface area (Å²) in [6.07, 6.45) is 2.70. The molecule has 0 fully saturated rings. The summed E-state index contributed by atoms with van der Waals surface area (Å²) in [4.78, 5) is 15.0. The van der Waals surface area contributed by atoms with Gasteiger partial charge in [0.2, 0.25) is 0 Å². The van der Waals surface area contributed by atoms with Crippen LogP contribution in [0.1, 0.15) is 55.2 Å². The van der Waals surface area contributed by atoms with E-state index in [0.717, 1.165) is 41.8 Å². The molecule has 0 spiro atoms. The van der Waals surface area contributed by atoms with Gasteiger partial charge in [-0.3, -0.25) is 4.79 Å². The molecule has 5 nitrogen and oxygen atoms in total. The molecule has 1 N–H and O–H groups in total. The number of carbonyl (C=O) groups is 1. The molecule has 1 aliphatic rings. The van der Waals surface area contributed by atoms with Crippen LogP contribution in [-0.4, -0.2) is 31.1 Å². The summed E-state index contributed by atoms with van der Waals surface area (Å²) in [7, 11) is 1.64. The second-order valence-electron chi connectivity index (χ2n) is 6.70. The number of fused-ring (bicyclic) bond motifs is 1. The van der Waals surface area contributed by atoms with E-state index in [9.17, 15) is 4.79 Å². The van der Waals surface area contributed by atoms with Gasteiger partial charge in [-0.2, -0.15) is 0 Å². The first-order valence-electron chi connectivity index (χ1n) is 9.66. The maximum atomic E-state index is 13.1. The fourth-order valence-corrected chi connectivity index (χ4v) is 3.30. The van der Waals surface area contributed by atoms with Crippen molar-refractivity contribution in [3.05, 3.63) is 53.6 Å². The quantitative estimate of drug-likeness (QED) is 0.724. The molecule has 144 valence electrons. The van der Waals surface area contributed by atoms with E-state index in [1.54, 1.807) is 7.11 Å². The molecule has 0 saturated heterocycles. The fraction of sp³-hybridized carbons (Fsp3) is 0.409. The number of benzene rings is 2. The first kappa shape index (κ1) is 19.1. The second-order valence-corrected chi connectivity index (χ2v) is 6.70. The van der Waals surface area contributed by atoms with E-state index >= 15 is 0 Å². The van der Waals surface area contributed by atoms with Crippen molar-refractivity contribution in [2.24, 2.45) is 0 Å². The van der Waals surface area contributed by atoms with Gasteiger partial charge in [0, 0.05) is 12.2 Å². The molecule has 27 heavy (non-hydrogen) atoms. The maximum absolute atomic E-state index is 13.1. The lowest BCUT2D eigenvalue weighted by Crippen LogP contribution is -2.43. The zero-order valence-corrected chi connectivity index (χ0v) is 16.3. The van der Waals surface area contributed by atoms with Gasteiger partial charge in [0.25, 0.3) is 5.91 Å². The Morgan fingerprint density at radius 1 is 1.07 bits per heavy atom. The number of nitrogens with zero attached hydrogens (tertiary/aromatic N) is 1. The number of amides is 1. The van der Waals surface area contributed by atoms with Gasteiger partial charge in [0.1, 0.15) is 6.17 Å². The Hall–Kier alpha value is -2.69. The molecule has 0 saturated carbocycles. The van der Waals surface area contributed by atoms with Crippen molar-refractivity contribution in [1.29, 1.82) is 0 Å². The van der Waals surface area contributed by atoms with Gasteiger partial charge in [-0.15, -0.1) is 0 Å². The Bertz CT molecular complexity index is 791. The third kappa shape index (κ3) is 4.02. The number of rotatable bonds is 8. The van der Waals surface area contributed by atoms with Crippen LogP contribution in [0.3, 0.4) is 0 Å². The molecule has 0 aliphatic carbocycles. The van der Waals surface area contributed by atoms with Crippen LogP contribution in [0.25, 0.3) is 0 Å². The van der Waals surface area contributed by atoms with E-state index < -0.39 is 0 Å². The van der Waals surface area contributed by atoms with Crippen molar-refractivity contribution >= 4 is 11.6 Å². The molecule has 1 amide bonds. The Morgan fingerprint density at radius 2 is 1.89 bits per heavy atom. The first-order chi connectivity index (χ1) is 13.2. The average molecular weight is 368 g/mol. The van der Waals surface area contributed by atoms with Crippen LogP contribution in [0.5, 0.6) is 11.5 Å². The Balaban J connectivity index is 1.96. The van der Waals surface area contributed by atoms with Crippen molar-refractivity contribution in [3.63, 3.8) is 0 Å². The van der Waals surface area contributed by atoms with Crippen LogP contribution < -0.4 is 14.8 Å². The first-order valence-corrected chi connectivity index (χ1v) is 9.66. The number of carbonyl (C=O) groups excluding carboxylic acids is 1. The topological polar surface area (TPSA) is 50.8 Å². The zero-order chi connectivity index (χ0) is 19.2. The van der Waals surface area contributed by atoms with Gasteiger partial charge in [0.15, 0.2) is 11.5 Å².